The minimum absolute atomic E-state index is 0.119. The van der Waals surface area contributed by atoms with Crippen molar-refractivity contribution in [2.45, 2.75) is 52.2 Å². The van der Waals surface area contributed by atoms with E-state index in [4.69, 9.17) is 22.1 Å². The minimum Gasteiger partial charge on any atom is -0.458 e. The van der Waals surface area contributed by atoms with Crippen molar-refractivity contribution in [2.24, 2.45) is 11.7 Å². The Balaban J connectivity index is 2.65. The third kappa shape index (κ3) is 5.14. The van der Waals surface area contributed by atoms with Gasteiger partial charge in [-0.2, -0.15) is 0 Å². The van der Waals surface area contributed by atoms with Crippen molar-refractivity contribution in [1.82, 2.24) is 0 Å². The molecule has 3 nitrogen and oxygen atoms in total. The molecule has 4 heteroatoms. The lowest BCUT2D eigenvalue weighted by molar-refractivity contribution is -0.159. The standard InChI is InChI=1S/C16H24ClNO2/c1-5-11(2)14(18)15(19)20-16(3,4)10-12-6-8-13(17)9-7-12/h6-9,11,14H,5,10,18H2,1-4H3. The second-order valence-electron chi connectivity index (χ2n) is 5.90. The number of hydrogen-bond donors (Lipinski definition) is 1. The number of esters is 1. The Morgan fingerprint density at radius 2 is 1.90 bits per heavy atom. The summed E-state index contributed by atoms with van der Waals surface area (Å²) in [6.45, 7) is 7.75. The summed E-state index contributed by atoms with van der Waals surface area (Å²) >= 11 is 5.86. The summed E-state index contributed by atoms with van der Waals surface area (Å²) in [6, 6.07) is 6.97. The highest BCUT2D eigenvalue weighted by atomic mass is 35.5. The van der Waals surface area contributed by atoms with Crippen molar-refractivity contribution in [3.8, 4) is 0 Å². The van der Waals surface area contributed by atoms with Crippen LogP contribution in [0.3, 0.4) is 0 Å². The van der Waals surface area contributed by atoms with Crippen molar-refractivity contribution in [3.63, 3.8) is 0 Å². The van der Waals surface area contributed by atoms with E-state index in [0.717, 1.165) is 12.0 Å². The number of carbonyl (C=O) groups is 1. The lowest BCUT2D eigenvalue weighted by Gasteiger charge is -2.28. The molecule has 0 aliphatic carbocycles. The van der Waals surface area contributed by atoms with Gasteiger partial charge < -0.3 is 10.5 Å². The summed E-state index contributed by atoms with van der Waals surface area (Å²) in [5.74, 6) is -0.216. The SMILES string of the molecule is CCC(C)C(N)C(=O)OC(C)(C)Cc1ccc(Cl)cc1. The molecule has 0 bridgehead atoms. The number of carbonyl (C=O) groups excluding carboxylic acids is 1. The maximum absolute atomic E-state index is 12.0. The van der Waals surface area contributed by atoms with Gasteiger partial charge in [-0.05, 0) is 37.5 Å². The van der Waals surface area contributed by atoms with Gasteiger partial charge in [0.25, 0.3) is 0 Å². The fourth-order valence-electron chi connectivity index (χ4n) is 1.96. The monoisotopic (exact) mass is 297 g/mol. The van der Waals surface area contributed by atoms with E-state index >= 15 is 0 Å². The molecule has 1 rings (SSSR count). The zero-order valence-corrected chi connectivity index (χ0v) is 13.4. The molecule has 0 heterocycles. The third-order valence-electron chi connectivity index (χ3n) is 3.45. The molecular formula is C16H24ClNO2. The second kappa shape index (κ2) is 7.09. The highest BCUT2D eigenvalue weighted by Gasteiger charge is 2.28. The second-order valence-corrected chi connectivity index (χ2v) is 6.33. The topological polar surface area (TPSA) is 52.3 Å². The van der Waals surface area contributed by atoms with Crippen LogP contribution >= 0.6 is 11.6 Å². The maximum atomic E-state index is 12.0. The number of halogens is 1. The normalized spacial score (nSPS) is 14.7. The van der Waals surface area contributed by atoms with Gasteiger partial charge in [0, 0.05) is 11.4 Å². The number of ether oxygens (including phenoxy) is 1. The molecule has 0 amide bonds. The Morgan fingerprint density at radius 1 is 1.35 bits per heavy atom. The summed E-state index contributed by atoms with van der Waals surface area (Å²) < 4.78 is 5.56. The van der Waals surface area contributed by atoms with Crippen LogP contribution in [0.5, 0.6) is 0 Å². The summed E-state index contributed by atoms with van der Waals surface area (Å²) in [5, 5.41) is 0.697. The molecule has 2 atom stereocenters. The van der Waals surface area contributed by atoms with Gasteiger partial charge in [-0.25, -0.2) is 0 Å². The Bertz CT molecular complexity index is 442. The summed E-state index contributed by atoms with van der Waals surface area (Å²) in [7, 11) is 0. The molecule has 112 valence electrons. The van der Waals surface area contributed by atoms with Gasteiger partial charge in [0.2, 0.25) is 0 Å². The lowest BCUT2D eigenvalue weighted by atomic mass is 9.97. The Morgan fingerprint density at radius 3 is 2.40 bits per heavy atom. The molecule has 0 fully saturated rings. The minimum atomic E-state index is -0.587. The zero-order valence-electron chi connectivity index (χ0n) is 12.7. The van der Waals surface area contributed by atoms with E-state index in [9.17, 15) is 4.79 Å². The largest absolute Gasteiger partial charge is 0.458 e. The van der Waals surface area contributed by atoms with Crippen LogP contribution in [0.4, 0.5) is 0 Å². The highest BCUT2D eigenvalue weighted by molar-refractivity contribution is 6.30. The number of benzene rings is 1. The first-order valence-corrected chi connectivity index (χ1v) is 7.36. The van der Waals surface area contributed by atoms with Gasteiger partial charge in [-0.1, -0.05) is 44.0 Å². The average Bonchev–Trinajstić information content (AvgIpc) is 2.38. The van der Waals surface area contributed by atoms with Gasteiger partial charge >= 0.3 is 5.97 Å². The van der Waals surface area contributed by atoms with Gasteiger partial charge in [0.05, 0.1) is 0 Å². The van der Waals surface area contributed by atoms with E-state index in [1.807, 2.05) is 52.0 Å². The van der Waals surface area contributed by atoms with Crippen molar-refractivity contribution < 1.29 is 9.53 Å². The van der Waals surface area contributed by atoms with Crippen LogP contribution in [0.2, 0.25) is 5.02 Å². The molecule has 0 radical (unpaired) electrons. The molecule has 1 aromatic rings. The summed E-state index contributed by atoms with van der Waals surface area (Å²) in [5.41, 5.74) is 6.39. The van der Waals surface area contributed by atoms with Crippen molar-refractivity contribution in [1.29, 1.82) is 0 Å². The summed E-state index contributed by atoms with van der Waals surface area (Å²) in [4.78, 5) is 12.0. The molecule has 20 heavy (non-hydrogen) atoms. The predicted octanol–water partition coefficient (Wildman–Crippen LogP) is 3.58. The van der Waals surface area contributed by atoms with E-state index in [1.165, 1.54) is 0 Å². The zero-order chi connectivity index (χ0) is 15.3. The van der Waals surface area contributed by atoms with E-state index in [-0.39, 0.29) is 11.9 Å². The first-order chi connectivity index (χ1) is 9.25. The molecular weight excluding hydrogens is 274 g/mol. The first-order valence-electron chi connectivity index (χ1n) is 6.98. The molecule has 2 N–H and O–H groups in total. The molecule has 2 unspecified atom stereocenters. The molecule has 1 aromatic carbocycles. The maximum Gasteiger partial charge on any atom is 0.323 e. The molecule has 0 aliphatic heterocycles. The molecule has 0 aromatic heterocycles. The molecule has 0 spiro atoms. The van der Waals surface area contributed by atoms with Crippen molar-refractivity contribution in [3.05, 3.63) is 34.9 Å². The number of rotatable bonds is 6. The van der Waals surface area contributed by atoms with E-state index in [0.29, 0.717) is 11.4 Å². The van der Waals surface area contributed by atoms with E-state index in [1.54, 1.807) is 0 Å². The van der Waals surface area contributed by atoms with Gasteiger partial charge in [-0.3, -0.25) is 4.79 Å². The Labute approximate surface area is 126 Å². The third-order valence-corrected chi connectivity index (χ3v) is 3.70. The fourth-order valence-corrected chi connectivity index (χ4v) is 2.08. The van der Waals surface area contributed by atoms with Gasteiger partial charge in [0.1, 0.15) is 11.6 Å². The smallest absolute Gasteiger partial charge is 0.323 e. The van der Waals surface area contributed by atoms with E-state index < -0.39 is 11.6 Å². The van der Waals surface area contributed by atoms with Crippen LogP contribution in [0.15, 0.2) is 24.3 Å². The number of nitrogens with two attached hydrogens (primary N) is 1. The van der Waals surface area contributed by atoms with Gasteiger partial charge in [0.15, 0.2) is 0 Å². The van der Waals surface area contributed by atoms with Crippen LogP contribution in [0, 0.1) is 5.92 Å². The first kappa shape index (κ1) is 17.0. The van der Waals surface area contributed by atoms with Gasteiger partial charge in [-0.15, -0.1) is 0 Å². The molecule has 0 aliphatic rings. The van der Waals surface area contributed by atoms with Crippen LogP contribution in [-0.2, 0) is 16.0 Å². The fraction of sp³-hybridized carbons (Fsp3) is 0.562. The Hall–Kier alpha value is -1.06. The lowest BCUT2D eigenvalue weighted by Crippen LogP contribution is -2.43. The van der Waals surface area contributed by atoms with Crippen LogP contribution in [0.25, 0.3) is 0 Å². The van der Waals surface area contributed by atoms with Crippen molar-refractivity contribution in [2.75, 3.05) is 0 Å². The average molecular weight is 298 g/mol. The van der Waals surface area contributed by atoms with Crippen LogP contribution in [0.1, 0.15) is 39.7 Å². The molecule has 0 saturated carbocycles. The Kier molecular flexibility index (Phi) is 6.03. The quantitative estimate of drug-likeness (QED) is 0.817. The number of hydrogen-bond acceptors (Lipinski definition) is 3. The predicted molar refractivity (Wildman–Crippen MR) is 82.8 cm³/mol. The van der Waals surface area contributed by atoms with Crippen LogP contribution < -0.4 is 5.73 Å². The van der Waals surface area contributed by atoms with E-state index in [2.05, 4.69) is 0 Å². The molecule has 0 saturated heterocycles. The highest BCUT2D eigenvalue weighted by Crippen LogP contribution is 2.20. The van der Waals surface area contributed by atoms with Crippen LogP contribution in [-0.4, -0.2) is 17.6 Å². The van der Waals surface area contributed by atoms with Crippen molar-refractivity contribution >= 4 is 17.6 Å². The summed E-state index contributed by atoms with van der Waals surface area (Å²) in [6.07, 6.45) is 1.48.